The Kier molecular flexibility index (Phi) is 6.81. The van der Waals surface area contributed by atoms with Gasteiger partial charge in [-0.25, -0.2) is 14.8 Å². The highest BCUT2D eigenvalue weighted by atomic mass is 32.1. The molecule has 0 aliphatic carbocycles. The Morgan fingerprint density at radius 2 is 2.00 bits per heavy atom. The van der Waals surface area contributed by atoms with Gasteiger partial charge in [-0.2, -0.15) is 0 Å². The number of hydrogen-bond acceptors (Lipinski definition) is 7. The fourth-order valence-corrected chi connectivity index (χ4v) is 4.24. The van der Waals surface area contributed by atoms with E-state index in [9.17, 15) is 4.79 Å². The van der Waals surface area contributed by atoms with Gasteiger partial charge in [-0.05, 0) is 60.0 Å². The van der Waals surface area contributed by atoms with E-state index in [2.05, 4.69) is 44.9 Å². The molecule has 0 amide bonds. The van der Waals surface area contributed by atoms with Crippen LogP contribution < -0.4 is 14.8 Å². The van der Waals surface area contributed by atoms with Gasteiger partial charge in [-0.3, -0.25) is 0 Å². The molecule has 0 saturated carbocycles. The maximum atomic E-state index is 10.8. The van der Waals surface area contributed by atoms with Crippen LogP contribution >= 0.6 is 11.3 Å². The molecule has 0 bridgehead atoms. The molecule has 0 radical (unpaired) electrons. The van der Waals surface area contributed by atoms with Gasteiger partial charge in [0.2, 0.25) is 0 Å². The number of nitrogens with one attached hydrogen (secondary N) is 1. The third-order valence-electron chi connectivity index (χ3n) is 4.84. The SMILES string of the molecule is CCOc1cc(-c2cc(NCCc3cccc4sccc34)ncn2)ccc1OCC(=O)O. The minimum atomic E-state index is -1.04. The van der Waals surface area contributed by atoms with Crippen LogP contribution in [0.2, 0.25) is 0 Å². The lowest BCUT2D eigenvalue weighted by molar-refractivity contribution is -0.139. The van der Waals surface area contributed by atoms with Gasteiger partial charge >= 0.3 is 5.97 Å². The minimum absolute atomic E-state index is 0.382. The fraction of sp³-hybridized carbons (Fsp3) is 0.208. The second-order valence-electron chi connectivity index (χ2n) is 6.99. The van der Waals surface area contributed by atoms with E-state index in [1.54, 1.807) is 23.5 Å². The van der Waals surface area contributed by atoms with Crippen LogP contribution in [0.5, 0.6) is 11.5 Å². The van der Waals surface area contributed by atoms with Crippen LogP contribution in [0.15, 0.2) is 60.2 Å². The van der Waals surface area contributed by atoms with E-state index in [4.69, 9.17) is 14.6 Å². The van der Waals surface area contributed by atoms with Gasteiger partial charge in [0.1, 0.15) is 12.1 Å². The number of thiophene rings is 1. The van der Waals surface area contributed by atoms with Crippen LogP contribution in [0.25, 0.3) is 21.3 Å². The Hall–Kier alpha value is -3.65. The van der Waals surface area contributed by atoms with E-state index in [-0.39, 0.29) is 0 Å². The molecular formula is C24H23N3O4S. The molecule has 2 aromatic carbocycles. The summed E-state index contributed by atoms with van der Waals surface area (Å²) in [5, 5.41) is 15.6. The van der Waals surface area contributed by atoms with Crippen molar-refractivity contribution < 1.29 is 19.4 Å². The van der Waals surface area contributed by atoms with Crippen LogP contribution in [0.4, 0.5) is 5.82 Å². The smallest absolute Gasteiger partial charge is 0.341 e. The molecule has 32 heavy (non-hydrogen) atoms. The summed E-state index contributed by atoms with van der Waals surface area (Å²) >= 11 is 1.75. The van der Waals surface area contributed by atoms with E-state index in [1.165, 1.54) is 22.0 Å². The first-order valence-electron chi connectivity index (χ1n) is 10.3. The predicted octanol–water partition coefficient (Wildman–Crippen LogP) is 4.88. The zero-order valence-electron chi connectivity index (χ0n) is 17.6. The zero-order chi connectivity index (χ0) is 22.3. The number of carboxylic acids is 1. The molecule has 4 rings (SSSR count). The third-order valence-corrected chi connectivity index (χ3v) is 5.73. The molecule has 0 spiro atoms. The molecule has 0 saturated heterocycles. The molecule has 0 fully saturated rings. The van der Waals surface area contributed by atoms with E-state index in [0.717, 1.165) is 30.0 Å². The van der Waals surface area contributed by atoms with Crippen LogP contribution in [-0.4, -0.2) is 40.8 Å². The molecule has 164 valence electrons. The lowest BCUT2D eigenvalue weighted by Crippen LogP contribution is -2.10. The van der Waals surface area contributed by atoms with Crippen LogP contribution in [0.1, 0.15) is 12.5 Å². The number of nitrogens with zero attached hydrogens (tertiary/aromatic N) is 2. The second kappa shape index (κ2) is 10.1. The first kappa shape index (κ1) is 21.6. The number of carboxylic acid groups (broad SMARTS) is 1. The molecule has 0 aliphatic rings. The van der Waals surface area contributed by atoms with Gasteiger partial charge in [0.15, 0.2) is 18.1 Å². The topological polar surface area (TPSA) is 93.6 Å². The Balaban J connectivity index is 1.46. The Bertz CT molecular complexity index is 1220. The summed E-state index contributed by atoms with van der Waals surface area (Å²) in [7, 11) is 0. The molecule has 2 aromatic heterocycles. The van der Waals surface area contributed by atoms with E-state index in [0.29, 0.717) is 18.1 Å². The molecule has 8 heteroatoms. The van der Waals surface area contributed by atoms with Gasteiger partial charge in [-0.15, -0.1) is 11.3 Å². The highest BCUT2D eigenvalue weighted by Gasteiger charge is 2.11. The van der Waals surface area contributed by atoms with Gasteiger partial charge in [0.05, 0.1) is 12.3 Å². The fourth-order valence-electron chi connectivity index (χ4n) is 3.41. The predicted molar refractivity (Wildman–Crippen MR) is 126 cm³/mol. The molecule has 0 aliphatic heterocycles. The van der Waals surface area contributed by atoms with Gasteiger partial charge in [0.25, 0.3) is 0 Å². The van der Waals surface area contributed by atoms with Gasteiger partial charge < -0.3 is 19.9 Å². The third kappa shape index (κ3) is 5.15. The van der Waals surface area contributed by atoms with Crippen molar-refractivity contribution in [1.82, 2.24) is 9.97 Å². The molecule has 7 nitrogen and oxygen atoms in total. The number of carbonyl (C=O) groups is 1. The quantitative estimate of drug-likeness (QED) is 0.357. The number of anilines is 1. The number of aliphatic carboxylic acids is 1. The van der Waals surface area contributed by atoms with Crippen molar-refractivity contribution in [3.05, 3.63) is 65.8 Å². The summed E-state index contributed by atoms with van der Waals surface area (Å²) in [6.07, 6.45) is 2.41. The Morgan fingerprint density at radius 1 is 1.09 bits per heavy atom. The molecule has 2 heterocycles. The molecule has 0 atom stereocenters. The lowest BCUT2D eigenvalue weighted by Gasteiger charge is -2.13. The molecule has 2 N–H and O–H groups in total. The van der Waals surface area contributed by atoms with E-state index < -0.39 is 12.6 Å². The standard InChI is InChI=1S/C24H23N3O4S/c1-2-30-21-12-17(6-7-20(21)31-14-24(28)29)19-13-23(27-15-26-19)25-10-8-16-4-3-5-22-18(16)9-11-32-22/h3-7,9,11-13,15H,2,8,10,14H2,1H3,(H,28,29)(H,25,26,27). The summed E-state index contributed by atoms with van der Waals surface area (Å²) in [4.78, 5) is 19.5. The van der Waals surface area contributed by atoms with Crippen molar-refractivity contribution in [2.75, 3.05) is 25.1 Å². The van der Waals surface area contributed by atoms with Gasteiger partial charge in [0, 0.05) is 22.9 Å². The van der Waals surface area contributed by atoms with Crippen molar-refractivity contribution in [1.29, 1.82) is 0 Å². The lowest BCUT2D eigenvalue weighted by atomic mass is 10.1. The minimum Gasteiger partial charge on any atom is -0.490 e. The first-order valence-corrected chi connectivity index (χ1v) is 11.1. The van der Waals surface area contributed by atoms with Crippen molar-refractivity contribution in [3.63, 3.8) is 0 Å². The monoisotopic (exact) mass is 449 g/mol. The highest BCUT2D eigenvalue weighted by molar-refractivity contribution is 7.17. The number of rotatable bonds is 10. The zero-order valence-corrected chi connectivity index (χ0v) is 18.4. The van der Waals surface area contributed by atoms with E-state index >= 15 is 0 Å². The molecular weight excluding hydrogens is 426 g/mol. The van der Waals surface area contributed by atoms with Crippen molar-refractivity contribution >= 4 is 33.2 Å². The largest absolute Gasteiger partial charge is 0.490 e. The number of aromatic nitrogens is 2. The maximum Gasteiger partial charge on any atom is 0.341 e. The molecule has 4 aromatic rings. The first-order chi connectivity index (χ1) is 15.6. The number of hydrogen-bond donors (Lipinski definition) is 2. The number of fused-ring (bicyclic) bond motifs is 1. The average molecular weight is 450 g/mol. The Labute approximate surface area is 189 Å². The van der Waals surface area contributed by atoms with Crippen molar-refractivity contribution in [2.45, 2.75) is 13.3 Å². The maximum absolute atomic E-state index is 10.8. The van der Waals surface area contributed by atoms with Crippen molar-refractivity contribution in [2.24, 2.45) is 0 Å². The highest BCUT2D eigenvalue weighted by Crippen LogP contribution is 2.32. The van der Waals surface area contributed by atoms with Gasteiger partial charge in [-0.1, -0.05) is 12.1 Å². The summed E-state index contributed by atoms with van der Waals surface area (Å²) < 4.78 is 12.2. The summed E-state index contributed by atoms with van der Waals surface area (Å²) in [5.41, 5.74) is 2.86. The summed E-state index contributed by atoms with van der Waals surface area (Å²) in [6.45, 7) is 2.61. The summed E-state index contributed by atoms with van der Waals surface area (Å²) in [5.74, 6) is 0.547. The van der Waals surface area contributed by atoms with Crippen LogP contribution in [0, 0.1) is 0 Å². The van der Waals surface area contributed by atoms with Crippen LogP contribution in [-0.2, 0) is 11.2 Å². The normalized spacial score (nSPS) is 10.8. The van der Waals surface area contributed by atoms with E-state index in [1.807, 2.05) is 19.1 Å². The van der Waals surface area contributed by atoms with Crippen LogP contribution in [0.3, 0.4) is 0 Å². The summed E-state index contributed by atoms with van der Waals surface area (Å²) in [6, 6.07) is 15.8. The second-order valence-corrected chi connectivity index (χ2v) is 7.94. The van der Waals surface area contributed by atoms with Crippen molar-refractivity contribution in [3.8, 4) is 22.8 Å². The number of ether oxygens (including phenoxy) is 2. The number of benzene rings is 2. The Morgan fingerprint density at radius 3 is 2.84 bits per heavy atom. The molecule has 0 unspecified atom stereocenters. The average Bonchev–Trinajstić information content (AvgIpc) is 3.28.